The summed E-state index contributed by atoms with van der Waals surface area (Å²) in [5.41, 5.74) is 0.104. The predicted molar refractivity (Wildman–Crippen MR) is 63.6 cm³/mol. The molecule has 0 aliphatic heterocycles. The van der Waals surface area contributed by atoms with Gasteiger partial charge in [-0.05, 0) is 40.2 Å². The summed E-state index contributed by atoms with van der Waals surface area (Å²) in [6, 6.07) is 0. The molecular weight excluding hydrogens is 216 g/mol. The molecule has 0 aromatic carbocycles. The number of H-pyrrole nitrogens is 1. The summed E-state index contributed by atoms with van der Waals surface area (Å²) in [7, 11) is 4.13. The zero-order chi connectivity index (χ0) is 10.8. The van der Waals surface area contributed by atoms with Gasteiger partial charge in [0.05, 0.1) is 0 Å². The number of hydrogen-bond acceptors (Lipinski definition) is 5. The fourth-order valence-corrected chi connectivity index (χ4v) is 1.54. The van der Waals surface area contributed by atoms with E-state index >= 15 is 0 Å². The maximum Gasteiger partial charge on any atom is 0.204 e. The number of nitrogens with one attached hydrogen (secondary N) is 2. The van der Waals surface area contributed by atoms with Crippen molar-refractivity contribution < 1.29 is 0 Å². The number of nitrogens with zero attached hydrogens (tertiary/aromatic N) is 2. The average Bonchev–Trinajstić information content (AvgIpc) is 2.48. The minimum absolute atomic E-state index is 0.104. The van der Waals surface area contributed by atoms with Gasteiger partial charge in [-0.2, -0.15) is 0 Å². The summed E-state index contributed by atoms with van der Waals surface area (Å²) < 4.78 is 0.704. The van der Waals surface area contributed by atoms with Gasteiger partial charge in [-0.3, -0.25) is 5.10 Å². The maximum atomic E-state index is 4.94. The highest BCUT2D eigenvalue weighted by molar-refractivity contribution is 7.73. The molecule has 0 saturated carbocycles. The van der Waals surface area contributed by atoms with Crippen LogP contribution in [0.15, 0.2) is 0 Å². The van der Waals surface area contributed by atoms with E-state index in [9.17, 15) is 0 Å². The molecule has 2 N–H and O–H groups in total. The van der Waals surface area contributed by atoms with Crippen LogP contribution in [0.5, 0.6) is 0 Å². The highest BCUT2D eigenvalue weighted by Crippen LogP contribution is 2.15. The van der Waals surface area contributed by atoms with Gasteiger partial charge in [0.25, 0.3) is 0 Å². The van der Waals surface area contributed by atoms with Crippen molar-refractivity contribution in [1.82, 2.24) is 15.1 Å². The van der Waals surface area contributed by atoms with E-state index in [1.807, 2.05) is 0 Å². The minimum Gasteiger partial charge on any atom is -0.358 e. The van der Waals surface area contributed by atoms with Crippen molar-refractivity contribution in [1.29, 1.82) is 0 Å². The number of aromatic amines is 1. The Hall–Kier alpha value is -0.460. The molecule has 0 fully saturated rings. The van der Waals surface area contributed by atoms with Crippen molar-refractivity contribution in [2.24, 2.45) is 0 Å². The molecule has 0 saturated heterocycles. The second-order valence-corrected chi connectivity index (χ2v) is 5.64. The molecule has 0 aliphatic carbocycles. The Balaban J connectivity index is 2.52. The van der Waals surface area contributed by atoms with Crippen LogP contribution in [0.1, 0.15) is 13.8 Å². The van der Waals surface area contributed by atoms with Crippen molar-refractivity contribution in [2.75, 3.05) is 26.0 Å². The van der Waals surface area contributed by atoms with E-state index in [1.165, 1.54) is 11.3 Å². The molecule has 1 rings (SSSR count). The summed E-state index contributed by atoms with van der Waals surface area (Å²) in [6.07, 6.45) is 0. The zero-order valence-corrected chi connectivity index (χ0v) is 10.6. The Kier molecular flexibility index (Phi) is 3.63. The highest BCUT2D eigenvalue weighted by Gasteiger charge is 2.20. The standard InChI is InChI=1S/C8H16N4S2/c1-8(2,12(3)4)5-9-6-10-11-7(13)14-6/h5H2,1-4H3,(H,9,10)(H,11,13). The summed E-state index contributed by atoms with van der Waals surface area (Å²) in [5, 5.41) is 10.9. The Labute approximate surface area is 93.3 Å². The van der Waals surface area contributed by atoms with Gasteiger partial charge in [-0.15, -0.1) is 5.10 Å². The van der Waals surface area contributed by atoms with Crippen LogP contribution in [0.25, 0.3) is 0 Å². The van der Waals surface area contributed by atoms with Crippen molar-refractivity contribution in [2.45, 2.75) is 19.4 Å². The largest absolute Gasteiger partial charge is 0.358 e. The van der Waals surface area contributed by atoms with E-state index < -0.39 is 0 Å². The van der Waals surface area contributed by atoms with Crippen LogP contribution >= 0.6 is 23.6 Å². The smallest absolute Gasteiger partial charge is 0.204 e. The molecule has 0 atom stereocenters. The highest BCUT2D eigenvalue weighted by atomic mass is 32.1. The van der Waals surface area contributed by atoms with Crippen LogP contribution in [0.4, 0.5) is 5.13 Å². The van der Waals surface area contributed by atoms with Crippen LogP contribution in [0.2, 0.25) is 0 Å². The predicted octanol–water partition coefficient (Wildman–Crippen LogP) is 1.95. The molecule has 80 valence electrons. The average molecular weight is 232 g/mol. The Bertz CT molecular complexity index is 339. The molecule has 1 aromatic heterocycles. The number of rotatable bonds is 4. The SMILES string of the molecule is CN(C)C(C)(C)CNc1n[nH]c(=S)s1. The molecule has 0 unspecified atom stereocenters. The lowest BCUT2D eigenvalue weighted by Gasteiger charge is -2.32. The second-order valence-electron chi connectivity index (χ2n) is 3.98. The van der Waals surface area contributed by atoms with Gasteiger partial charge in [0, 0.05) is 12.1 Å². The first-order chi connectivity index (χ1) is 6.42. The molecule has 0 spiro atoms. The topological polar surface area (TPSA) is 44.0 Å². The third kappa shape index (κ3) is 3.04. The molecule has 0 amide bonds. The quantitative estimate of drug-likeness (QED) is 0.779. The number of anilines is 1. The van der Waals surface area contributed by atoms with Crippen molar-refractivity contribution in [3.63, 3.8) is 0 Å². The molecular formula is C8H16N4S2. The lowest BCUT2D eigenvalue weighted by Crippen LogP contribution is -2.44. The first-order valence-electron chi connectivity index (χ1n) is 4.38. The summed E-state index contributed by atoms with van der Waals surface area (Å²) in [6.45, 7) is 5.19. The van der Waals surface area contributed by atoms with E-state index in [2.05, 4.69) is 48.4 Å². The maximum absolute atomic E-state index is 4.94. The Morgan fingerprint density at radius 3 is 2.64 bits per heavy atom. The summed E-state index contributed by atoms with van der Waals surface area (Å²) >= 11 is 6.40. The van der Waals surface area contributed by atoms with Crippen molar-refractivity contribution in [3.05, 3.63) is 3.95 Å². The molecule has 0 radical (unpaired) electrons. The lowest BCUT2D eigenvalue weighted by molar-refractivity contribution is 0.210. The summed E-state index contributed by atoms with van der Waals surface area (Å²) in [4.78, 5) is 2.17. The molecule has 1 heterocycles. The van der Waals surface area contributed by atoms with Gasteiger partial charge in [-0.25, -0.2) is 0 Å². The van der Waals surface area contributed by atoms with E-state index in [1.54, 1.807) is 0 Å². The first-order valence-corrected chi connectivity index (χ1v) is 5.61. The zero-order valence-electron chi connectivity index (χ0n) is 8.92. The van der Waals surface area contributed by atoms with Gasteiger partial charge in [0.2, 0.25) is 5.13 Å². The van der Waals surface area contributed by atoms with E-state index in [4.69, 9.17) is 12.2 Å². The van der Waals surface area contributed by atoms with Crippen LogP contribution in [0, 0.1) is 3.95 Å². The molecule has 6 heteroatoms. The fourth-order valence-electron chi connectivity index (χ4n) is 0.756. The molecule has 1 aromatic rings. The van der Waals surface area contributed by atoms with Crippen LogP contribution < -0.4 is 5.32 Å². The van der Waals surface area contributed by atoms with Crippen LogP contribution in [-0.2, 0) is 0 Å². The third-order valence-corrected chi connectivity index (χ3v) is 3.37. The normalized spacial score (nSPS) is 12.1. The lowest BCUT2D eigenvalue weighted by atomic mass is 10.1. The van der Waals surface area contributed by atoms with Gasteiger partial charge in [0.15, 0.2) is 3.95 Å². The number of likely N-dealkylation sites (N-methyl/N-ethyl adjacent to an activating group) is 1. The number of hydrogen-bond donors (Lipinski definition) is 2. The molecule has 14 heavy (non-hydrogen) atoms. The van der Waals surface area contributed by atoms with E-state index in [-0.39, 0.29) is 5.54 Å². The van der Waals surface area contributed by atoms with Crippen LogP contribution in [0.3, 0.4) is 0 Å². The van der Waals surface area contributed by atoms with Gasteiger partial charge in [-0.1, -0.05) is 11.3 Å². The van der Waals surface area contributed by atoms with Gasteiger partial charge in [0.1, 0.15) is 0 Å². The molecule has 0 aliphatic rings. The Morgan fingerprint density at radius 1 is 1.57 bits per heavy atom. The molecule has 4 nitrogen and oxygen atoms in total. The van der Waals surface area contributed by atoms with E-state index in [0.29, 0.717) is 3.95 Å². The number of aromatic nitrogens is 2. The van der Waals surface area contributed by atoms with Gasteiger partial charge >= 0.3 is 0 Å². The van der Waals surface area contributed by atoms with Crippen molar-refractivity contribution >= 4 is 28.7 Å². The molecule has 0 bridgehead atoms. The monoisotopic (exact) mass is 232 g/mol. The first kappa shape index (κ1) is 11.6. The summed E-state index contributed by atoms with van der Waals surface area (Å²) in [5.74, 6) is 0. The van der Waals surface area contributed by atoms with Gasteiger partial charge < -0.3 is 10.2 Å². The minimum atomic E-state index is 0.104. The fraction of sp³-hybridized carbons (Fsp3) is 0.750. The van der Waals surface area contributed by atoms with Crippen molar-refractivity contribution in [3.8, 4) is 0 Å². The van der Waals surface area contributed by atoms with E-state index in [0.717, 1.165) is 11.7 Å². The third-order valence-electron chi connectivity index (χ3n) is 2.32. The Morgan fingerprint density at radius 2 is 2.21 bits per heavy atom. The second kappa shape index (κ2) is 4.37. The van der Waals surface area contributed by atoms with Crippen LogP contribution in [-0.4, -0.2) is 41.3 Å².